The molecule has 1 aromatic heterocycles. The van der Waals surface area contributed by atoms with Gasteiger partial charge in [-0.3, -0.25) is 14.9 Å². The van der Waals surface area contributed by atoms with E-state index >= 15 is 0 Å². The number of nitrogens with zero attached hydrogens (tertiary/aromatic N) is 4. The molecule has 2 aromatic carbocycles. The second-order valence-electron chi connectivity index (χ2n) is 6.57. The molecule has 0 bridgehead atoms. The molecule has 0 aliphatic rings. The molecular weight excluding hydrogens is 467 g/mol. The highest BCUT2D eigenvalue weighted by molar-refractivity contribution is 7.89. The number of nitro groups is 1. The van der Waals surface area contributed by atoms with Crippen molar-refractivity contribution in [3.8, 4) is 5.69 Å². The highest BCUT2D eigenvalue weighted by Gasteiger charge is 2.27. The minimum absolute atomic E-state index is 0.0128. The van der Waals surface area contributed by atoms with Gasteiger partial charge in [0.25, 0.3) is 11.2 Å². The minimum Gasteiger partial charge on any atom is -0.266 e. The van der Waals surface area contributed by atoms with Crippen LogP contribution in [-0.2, 0) is 10.0 Å². The van der Waals surface area contributed by atoms with Crippen LogP contribution >= 0.6 is 23.2 Å². The summed E-state index contributed by atoms with van der Waals surface area (Å²) in [5.41, 5.74) is 0.0145. The van der Waals surface area contributed by atoms with Gasteiger partial charge in [-0.2, -0.15) is 14.1 Å². The molecule has 0 spiro atoms. The Balaban J connectivity index is 1.91. The second-order valence-corrected chi connectivity index (χ2v) is 9.35. The van der Waals surface area contributed by atoms with Crippen LogP contribution in [0.1, 0.15) is 18.5 Å². The summed E-state index contributed by atoms with van der Waals surface area (Å²) >= 11 is 11.6. The van der Waals surface area contributed by atoms with Crippen LogP contribution in [-0.4, -0.2) is 34.5 Å². The quantitative estimate of drug-likeness (QED) is 0.389. The first-order valence-electron chi connectivity index (χ1n) is 8.80. The third-order valence-electron chi connectivity index (χ3n) is 4.74. The Hall–Kier alpha value is -2.79. The summed E-state index contributed by atoms with van der Waals surface area (Å²) in [7, 11) is -2.55. The Morgan fingerprint density at radius 1 is 1.16 bits per heavy atom. The van der Waals surface area contributed by atoms with Gasteiger partial charge in [-0.1, -0.05) is 35.3 Å². The number of rotatable bonds is 6. The van der Waals surface area contributed by atoms with Gasteiger partial charge in [0, 0.05) is 25.2 Å². The van der Waals surface area contributed by atoms with Crippen molar-refractivity contribution in [1.29, 1.82) is 0 Å². The van der Waals surface area contributed by atoms with E-state index in [-0.39, 0.29) is 20.6 Å². The van der Waals surface area contributed by atoms with E-state index in [0.717, 1.165) is 8.99 Å². The van der Waals surface area contributed by atoms with E-state index in [1.54, 1.807) is 13.0 Å². The molecule has 0 saturated heterocycles. The van der Waals surface area contributed by atoms with Crippen LogP contribution in [0, 0.1) is 10.1 Å². The largest absolute Gasteiger partial charge is 0.291 e. The monoisotopic (exact) mass is 482 g/mol. The Labute approximate surface area is 187 Å². The van der Waals surface area contributed by atoms with Gasteiger partial charge in [0.15, 0.2) is 0 Å². The minimum atomic E-state index is -3.93. The van der Waals surface area contributed by atoms with Gasteiger partial charge in [-0.05, 0) is 36.8 Å². The summed E-state index contributed by atoms with van der Waals surface area (Å²) < 4.78 is 28.2. The number of benzene rings is 2. The highest BCUT2D eigenvalue weighted by Crippen LogP contribution is 2.28. The fourth-order valence-corrected chi connectivity index (χ4v) is 4.44. The molecule has 1 atom stereocenters. The van der Waals surface area contributed by atoms with E-state index in [4.69, 9.17) is 23.2 Å². The van der Waals surface area contributed by atoms with E-state index in [1.165, 1.54) is 55.7 Å². The maximum Gasteiger partial charge on any atom is 0.291 e. The molecular formula is C19H16Cl2N4O5S. The lowest BCUT2D eigenvalue weighted by molar-refractivity contribution is -0.384. The molecule has 0 radical (unpaired) electrons. The SMILES string of the molecule is C[C@@H](c1cccc([N+](=O)[O-])c1)N(C)S(=O)(=O)c1ccc(-n2ncc(Cl)c(Cl)c2=O)cc1. The molecule has 0 N–H and O–H groups in total. The number of non-ortho nitro benzene ring substituents is 1. The van der Waals surface area contributed by atoms with Gasteiger partial charge >= 0.3 is 0 Å². The molecule has 31 heavy (non-hydrogen) atoms. The summed E-state index contributed by atoms with van der Waals surface area (Å²) in [6, 6.07) is 10.6. The summed E-state index contributed by atoms with van der Waals surface area (Å²) in [4.78, 5) is 22.7. The van der Waals surface area contributed by atoms with Crippen LogP contribution in [0.15, 0.2) is 64.4 Å². The van der Waals surface area contributed by atoms with E-state index in [0.29, 0.717) is 11.3 Å². The van der Waals surface area contributed by atoms with Crippen molar-refractivity contribution in [2.24, 2.45) is 0 Å². The standard InChI is InChI=1S/C19H16Cl2N4O5S/c1-12(13-4-3-5-15(10-13)25(27)28)23(2)31(29,30)16-8-6-14(7-9-16)24-19(26)18(21)17(20)11-22-24/h3-12H,1-2H3/t12-/m0/s1. The third-order valence-corrected chi connectivity index (χ3v) is 7.43. The van der Waals surface area contributed by atoms with Gasteiger partial charge in [0.2, 0.25) is 10.0 Å². The molecule has 1 heterocycles. The lowest BCUT2D eigenvalue weighted by atomic mass is 10.1. The lowest BCUT2D eigenvalue weighted by Gasteiger charge is -2.24. The summed E-state index contributed by atoms with van der Waals surface area (Å²) in [6.07, 6.45) is 1.21. The Morgan fingerprint density at radius 2 is 1.81 bits per heavy atom. The smallest absolute Gasteiger partial charge is 0.266 e. The zero-order valence-corrected chi connectivity index (χ0v) is 18.6. The van der Waals surface area contributed by atoms with E-state index in [2.05, 4.69) is 5.10 Å². The normalized spacial score (nSPS) is 12.7. The number of hydrogen-bond acceptors (Lipinski definition) is 6. The predicted octanol–water partition coefficient (Wildman–Crippen LogP) is 3.83. The number of nitro benzene ring substituents is 1. The third kappa shape index (κ3) is 4.47. The molecule has 12 heteroatoms. The zero-order valence-electron chi connectivity index (χ0n) is 16.3. The maximum absolute atomic E-state index is 13.0. The van der Waals surface area contributed by atoms with Crippen molar-refractivity contribution < 1.29 is 13.3 Å². The van der Waals surface area contributed by atoms with Gasteiger partial charge in [-0.15, -0.1) is 0 Å². The van der Waals surface area contributed by atoms with Crippen molar-refractivity contribution in [2.75, 3.05) is 7.05 Å². The van der Waals surface area contributed by atoms with Gasteiger partial charge < -0.3 is 0 Å². The van der Waals surface area contributed by atoms with Gasteiger partial charge in [0.1, 0.15) is 5.02 Å². The van der Waals surface area contributed by atoms with Crippen LogP contribution in [0.5, 0.6) is 0 Å². The van der Waals surface area contributed by atoms with Crippen molar-refractivity contribution in [3.63, 3.8) is 0 Å². The molecule has 0 aliphatic heterocycles. The molecule has 0 unspecified atom stereocenters. The van der Waals surface area contributed by atoms with Gasteiger partial charge in [0.05, 0.1) is 26.7 Å². The van der Waals surface area contributed by atoms with Crippen LogP contribution in [0.25, 0.3) is 5.69 Å². The first-order chi connectivity index (χ1) is 14.5. The summed E-state index contributed by atoms with van der Waals surface area (Å²) in [5, 5.41) is 14.7. The zero-order chi connectivity index (χ0) is 22.9. The first kappa shape index (κ1) is 22.9. The van der Waals surface area contributed by atoms with E-state index < -0.39 is 26.5 Å². The van der Waals surface area contributed by atoms with E-state index in [1.807, 2.05) is 0 Å². The maximum atomic E-state index is 13.0. The number of aromatic nitrogens is 2. The first-order valence-corrected chi connectivity index (χ1v) is 11.0. The second kappa shape index (κ2) is 8.75. The molecule has 3 aromatic rings. The Morgan fingerprint density at radius 3 is 2.42 bits per heavy atom. The summed E-state index contributed by atoms with van der Waals surface area (Å²) in [6.45, 7) is 1.63. The average Bonchev–Trinajstić information content (AvgIpc) is 2.76. The molecule has 0 saturated carbocycles. The Bertz CT molecular complexity index is 1310. The molecule has 0 aliphatic carbocycles. The predicted molar refractivity (Wildman–Crippen MR) is 116 cm³/mol. The fraction of sp³-hybridized carbons (Fsp3) is 0.158. The molecule has 9 nitrogen and oxygen atoms in total. The van der Waals surface area contributed by atoms with Crippen LogP contribution in [0.3, 0.4) is 0 Å². The molecule has 0 amide bonds. The van der Waals surface area contributed by atoms with Crippen LogP contribution in [0.2, 0.25) is 10.0 Å². The number of hydrogen-bond donors (Lipinski definition) is 0. The number of sulfonamides is 1. The molecule has 162 valence electrons. The van der Waals surface area contributed by atoms with Crippen molar-refractivity contribution in [3.05, 3.63) is 90.8 Å². The van der Waals surface area contributed by atoms with E-state index in [9.17, 15) is 23.3 Å². The molecule has 3 rings (SSSR count). The Kier molecular flexibility index (Phi) is 6.46. The average molecular weight is 483 g/mol. The highest BCUT2D eigenvalue weighted by atomic mass is 35.5. The molecule has 0 fully saturated rings. The van der Waals surface area contributed by atoms with Crippen molar-refractivity contribution >= 4 is 38.9 Å². The van der Waals surface area contributed by atoms with Crippen molar-refractivity contribution in [1.82, 2.24) is 14.1 Å². The lowest BCUT2D eigenvalue weighted by Crippen LogP contribution is -2.30. The summed E-state index contributed by atoms with van der Waals surface area (Å²) in [5.74, 6) is 0. The van der Waals surface area contributed by atoms with Crippen molar-refractivity contribution in [2.45, 2.75) is 17.9 Å². The topological polar surface area (TPSA) is 115 Å². The fourth-order valence-electron chi connectivity index (χ4n) is 2.84. The van der Waals surface area contributed by atoms with Gasteiger partial charge in [-0.25, -0.2) is 8.42 Å². The van der Waals surface area contributed by atoms with Crippen LogP contribution < -0.4 is 5.56 Å². The van der Waals surface area contributed by atoms with Crippen LogP contribution in [0.4, 0.5) is 5.69 Å². The number of halogens is 2.